The molecule has 0 spiro atoms. The molecule has 2 rings (SSSR count). The fourth-order valence-corrected chi connectivity index (χ4v) is 2.27. The standard InChI is InChI=1S/C16H13Cl2NO3/c17-12-7-5-10(6-8-12)15(20)19-14(16(21)22)9-11-3-1-2-4-13(11)18/h1-8,14H,9H2,(H,19,20)(H,21,22)/t14-/m0/s1. The van der Waals surface area contributed by atoms with E-state index < -0.39 is 17.9 Å². The fraction of sp³-hybridized carbons (Fsp3) is 0.125. The summed E-state index contributed by atoms with van der Waals surface area (Å²) in [4.78, 5) is 23.5. The van der Waals surface area contributed by atoms with Gasteiger partial charge in [0.2, 0.25) is 0 Å². The predicted octanol–water partition coefficient (Wildman–Crippen LogP) is 3.42. The molecule has 1 amide bonds. The summed E-state index contributed by atoms with van der Waals surface area (Å²) < 4.78 is 0. The maximum Gasteiger partial charge on any atom is 0.326 e. The fourth-order valence-electron chi connectivity index (χ4n) is 1.93. The first kappa shape index (κ1) is 16.3. The topological polar surface area (TPSA) is 66.4 Å². The maximum atomic E-state index is 12.1. The number of carboxylic acids is 1. The first-order valence-corrected chi connectivity index (χ1v) is 7.25. The largest absolute Gasteiger partial charge is 0.480 e. The van der Waals surface area contributed by atoms with Crippen LogP contribution >= 0.6 is 23.2 Å². The summed E-state index contributed by atoms with van der Waals surface area (Å²) >= 11 is 11.8. The molecule has 0 radical (unpaired) electrons. The summed E-state index contributed by atoms with van der Waals surface area (Å²) in [7, 11) is 0. The van der Waals surface area contributed by atoms with Gasteiger partial charge >= 0.3 is 5.97 Å². The highest BCUT2D eigenvalue weighted by molar-refractivity contribution is 6.31. The van der Waals surface area contributed by atoms with Crippen molar-refractivity contribution in [3.8, 4) is 0 Å². The second-order valence-electron chi connectivity index (χ2n) is 4.67. The van der Waals surface area contributed by atoms with Gasteiger partial charge in [-0.2, -0.15) is 0 Å². The Morgan fingerprint density at radius 1 is 1.05 bits per heavy atom. The number of hydrogen-bond acceptors (Lipinski definition) is 2. The van der Waals surface area contributed by atoms with Crippen LogP contribution in [0.4, 0.5) is 0 Å². The van der Waals surface area contributed by atoms with Crippen LogP contribution in [0.1, 0.15) is 15.9 Å². The van der Waals surface area contributed by atoms with Crippen molar-refractivity contribution in [1.29, 1.82) is 0 Å². The Balaban J connectivity index is 2.12. The summed E-state index contributed by atoms with van der Waals surface area (Å²) in [6, 6.07) is 12.1. The molecule has 1 atom stereocenters. The number of carbonyl (C=O) groups is 2. The van der Waals surface area contributed by atoms with E-state index in [0.29, 0.717) is 21.2 Å². The van der Waals surface area contributed by atoms with Gasteiger partial charge in [0.1, 0.15) is 6.04 Å². The summed E-state index contributed by atoms with van der Waals surface area (Å²) in [5, 5.41) is 12.7. The van der Waals surface area contributed by atoms with Crippen LogP contribution in [0.5, 0.6) is 0 Å². The highest BCUT2D eigenvalue weighted by Gasteiger charge is 2.22. The molecule has 0 aromatic heterocycles. The molecule has 6 heteroatoms. The minimum absolute atomic E-state index is 0.105. The summed E-state index contributed by atoms with van der Waals surface area (Å²) in [5.74, 6) is -1.60. The molecule has 0 saturated carbocycles. The quantitative estimate of drug-likeness (QED) is 0.878. The van der Waals surface area contributed by atoms with Crippen LogP contribution in [-0.2, 0) is 11.2 Å². The van der Waals surface area contributed by atoms with Crippen LogP contribution < -0.4 is 5.32 Å². The van der Waals surface area contributed by atoms with Gasteiger partial charge in [-0.1, -0.05) is 41.4 Å². The summed E-state index contributed by atoms with van der Waals surface area (Å²) in [6.45, 7) is 0. The van der Waals surface area contributed by atoms with E-state index in [-0.39, 0.29) is 6.42 Å². The Morgan fingerprint density at radius 3 is 2.27 bits per heavy atom. The van der Waals surface area contributed by atoms with Gasteiger partial charge in [-0.3, -0.25) is 4.79 Å². The van der Waals surface area contributed by atoms with Gasteiger partial charge < -0.3 is 10.4 Å². The molecule has 114 valence electrons. The Bertz CT molecular complexity index is 686. The van der Waals surface area contributed by atoms with Crippen molar-refractivity contribution in [3.05, 3.63) is 69.7 Å². The van der Waals surface area contributed by atoms with Crippen LogP contribution in [0, 0.1) is 0 Å². The number of carboxylic acid groups (broad SMARTS) is 1. The zero-order valence-electron chi connectivity index (χ0n) is 11.4. The van der Waals surface area contributed by atoms with E-state index in [9.17, 15) is 14.7 Å². The monoisotopic (exact) mass is 337 g/mol. The van der Waals surface area contributed by atoms with Gasteiger partial charge in [0.15, 0.2) is 0 Å². The van der Waals surface area contributed by atoms with Crippen LogP contribution in [0.15, 0.2) is 48.5 Å². The number of hydrogen-bond donors (Lipinski definition) is 2. The molecule has 0 heterocycles. The van der Waals surface area contributed by atoms with Gasteiger partial charge in [-0.15, -0.1) is 0 Å². The maximum absolute atomic E-state index is 12.1. The van der Waals surface area contributed by atoms with Crippen molar-refractivity contribution >= 4 is 35.1 Å². The molecule has 0 unspecified atom stereocenters. The first-order valence-electron chi connectivity index (χ1n) is 6.50. The molecular weight excluding hydrogens is 325 g/mol. The van der Waals surface area contributed by atoms with E-state index in [2.05, 4.69) is 5.32 Å². The zero-order valence-corrected chi connectivity index (χ0v) is 12.9. The molecule has 2 aromatic rings. The number of carbonyl (C=O) groups excluding carboxylic acids is 1. The first-order chi connectivity index (χ1) is 10.5. The van der Waals surface area contributed by atoms with Gasteiger partial charge in [0.25, 0.3) is 5.91 Å². The molecule has 0 bridgehead atoms. The average Bonchev–Trinajstić information content (AvgIpc) is 2.49. The van der Waals surface area contributed by atoms with Gasteiger partial charge in [-0.25, -0.2) is 4.79 Å². The Hall–Kier alpha value is -2.04. The van der Waals surface area contributed by atoms with Crippen LogP contribution in [-0.4, -0.2) is 23.0 Å². The SMILES string of the molecule is O=C(N[C@@H](Cc1ccccc1Cl)C(=O)O)c1ccc(Cl)cc1. The lowest BCUT2D eigenvalue weighted by Gasteiger charge is -2.15. The molecule has 2 aromatic carbocycles. The van der Waals surface area contributed by atoms with E-state index in [1.165, 1.54) is 12.1 Å². The second kappa shape index (κ2) is 7.29. The molecule has 2 N–H and O–H groups in total. The third-order valence-corrected chi connectivity index (χ3v) is 3.71. The number of halogens is 2. The molecule has 0 saturated heterocycles. The van der Waals surface area contributed by atoms with Crippen molar-refractivity contribution in [3.63, 3.8) is 0 Å². The van der Waals surface area contributed by atoms with Crippen LogP contribution in [0.3, 0.4) is 0 Å². The number of benzene rings is 2. The van der Waals surface area contributed by atoms with Crippen molar-refractivity contribution in [2.24, 2.45) is 0 Å². The number of rotatable bonds is 5. The second-order valence-corrected chi connectivity index (χ2v) is 5.51. The van der Waals surface area contributed by atoms with Gasteiger partial charge in [-0.05, 0) is 35.9 Å². The van der Waals surface area contributed by atoms with E-state index in [0.717, 1.165) is 0 Å². The average molecular weight is 338 g/mol. The Kier molecular flexibility index (Phi) is 5.41. The van der Waals surface area contributed by atoms with Gasteiger partial charge in [0.05, 0.1) is 0 Å². The van der Waals surface area contributed by atoms with Crippen molar-refractivity contribution in [1.82, 2.24) is 5.32 Å². The molecular formula is C16H13Cl2NO3. The minimum atomic E-state index is -1.12. The third kappa shape index (κ3) is 4.23. The lowest BCUT2D eigenvalue weighted by atomic mass is 10.1. The van der Waals surface area contributed by atoms with Crippen molar-refractivity contribution < 1.29 is 14.7 Å². The number of amides is 1. The summed E-state index contributed by atoms with van der Waals surface area (Å²) in [5.41, 5.74) is 1.00. The number of aliphatic carboxylic acids is 1. The normalized spacial score (nSPS) is 11.7. The van der Waals surface area contributed by atoms with E-state index in [4.69, 9.17) is 23.2 Å². The van der Waals surface area contributed by atoms with Crippen molar-refractivity contribution in [2.75, 3.05) is 0 Å². The molecule has 4 nitrogen and oxygen atoms in total. The van der Waals surface area contributed by atoms with E-state index in [1.54, 1.807) is 36.4 Å². The third-order valence-electron chi connectivity index (χ3n) is 3.09. The smallest absolute Gasteiger partial charge is 0.326 e. The lowest BCUT2D eigenvalue weighted by molar-refractivity contribution is -0.139. The highest BCUT2D eigenvalue weighted by Crippen LogP contribution is 2.17. The molecule has 0 fully saturated rings. The number of nitrogens with one attached hydrogen (secondary N) is 1. The van der Waals surface area contributed by atoms with Crippen LogP contribution in [0.2, 0.25) is 10.0 Å². The Labute approximate surface area is 137 Å². The zero-order chi connectivity index (χ0) is 16.1. The van der Waals surface area contributed by atoms with Gasteiger partial charge in [0, 0.05) is 22.0 Å². The molecule has 22 heavy (non-hydrogen) atoms. The lowest BCUT2D eigenvalue weighted by Crippen LogP contribution is -2.42. The minimum Gasteiger partial charge on any atom is -0.480 e. The van der Waals surface area contributed by atoms with E-state index in [1.807, 2.05) is 0 Å². The molecule has 0 aliphatic rings. The van der Waals surface area contributed by atoms with Crippen molar-refractivity contribution in [2.45, 2.75) is 12.5 Å². The Morgan fingerprint density at radius 2 is 1.68 bits per heavy atom. The summed E-state index contributed by atoms with van der Waals surface area (Å²) in [6.07, 6.45) is 0.105. The molecule has 0 aliphatic carbocycles. The highest BCUT2D eigenvalue weighted by atomic mass is 35.5. The van der Waals surface area contributed by atoms with E-state index >= 15 is 0 Å². The van der Waals surface area contributed by atoms with Crippen LogP contribution in [0.25, 0.3) is 0 Å². The predicted molar refractivity (Wildman–Crippen MR) is 85.5 cm³/mol. The molecule has 0 aliphatic heterocycles.